The molecule has 0 bridgehead atoms. The Balaban J connectivity index is 0.000000590. The molecule has 2 aliphatic heterocycles. The topological polar surface area (TPSA) is 74.8 Å². The molecular weight excluding hydrogens is 488 g/mol. The standard InChI is InChI=1S/C25H28N2O4.2C4H8/c1-3-4-10-19-16(2)22(28)26(23(19)29)14-17-8-7-9-18(13-17)15-27-24(30)20-11-5-6-12-21(20)25(27)31;2*1-3-4-2/h3-9,13,16,19-21H,10-12,14-15H2,1-2H3;2*3H,1,4H2,2H3/b4-3-;;. The highest BCUT2D eigenvalue weighted by Crippen LogP contribution is 2.36. The van der Waals surface area contributed by atoms with Gasteiger partial charge >= 0.3 is 0 Å². The average molecular weight is 533 g/mol. The molecular formula is C33H44N2O4. The van der Waals surface area contributed by atoms with Gasteiger partial charge in [0.25, 0.3) is 0 Å². The summed E-state index contributed by atoms with van der Waals surface area (Å²) < 4.78 is 0. The Bertz CT molecular complexity index is 1070. The summed E-state index contributed by atoms with van der Waals surface area (Å²) >= 11 is 0. The molecule has 39 heavy (non-hydrogen) atoms. The number of allylic oxidation sites excluding steroid dienone is 6. The van der Waals surface area contributed by atoms with Crippen LogP contribution in [0.1, 0.15) is 70.9 Å². The van der Waals surface area contributed by atoms with Crippen molar-refractivity contribution >= 4 is 23.6 Å². The van der Waals surface area contributed by atoms with Crippen LogP contribution in [0.25, 0.3) is 0 Å². The maximum atomic E-state index is 12.8. The predicted octanol–water partition coefficient (Wildman–Crippen LogP) is 6.39. The SMILES string of the molecule is C/C=C\CC1C(=O)N(Cc2cccc(CN3C(=O)C4CC=CCC4C3=O)c2)C(=O)C1C.C=CCC.C=CCC. The van der Waals surface area contributed by atoms with Gasteiger partial charge in [-0.3, -0.25) is 29.0 Å². The maximum absolute atomic E-state index is 12.8. The summed E-state index contributed by atoms with van der Waals surface area (Å²) in [6, 6.07) is 7.46. The van der Waals surface area contributed by atoms with Gasteiger partial charge in [0.2, 0.25) is 23.6 Å². The third-order valence-electron chi connectivity index (χ3n) is 7.32. The van der Waals surface area contributed by atoms with E-state index in [4.69, 9.17) is 0 Å². The fourth-order valence-electron chi connectivity index (χ4n) is 4.90. The first-order valence-electron chi connectivity index (χ1n) is 14.0. The van der Waals surface area contributed by atoms with E-state index in [1.165, 1.54) is 9.80 Å². The van der Waals surface area contributed by atoms with Crippen molar-refractivity contribution < 1.29 is 19.2 Å². The second-order valence-corrected chi connectivity index (χ2v) is 10.1. The molecule has 210 valence electrons. The zero-order valence-corrected chi connectivity index (χ0v) is 24.0. The van der Waals surface area contributed by atoms with Crippen molar-refractivity contribution in [1.29, 1.82) is 0 Å². The minimum atomic E-state index is -0.330. The van der Waals surface area contributed by atoms with E-state index in [9.17, 15) is 19.2 Å². The van der Waals surface area contributed by atoms with Crippen LogP contribution in [0.4, 0.5) is 0 Å². The fourth-order valence-corrected chi connectivity index (χ4v) is 4.90. The van der Waals surface area contributed by atoms with Gasteiger partial charge in [-0.2, -0.15) is 0 Å². The van der Waals surface area contributed by atoms with Crippen LogP contribution in [-0.4, -0.2) is 33.4 Å². The molecule has 4 amide bonds. The number of carbonyl (C=O) groups is 4. The lowest BCUT2D eigenvalue weighted by molar-refractivity contribution is -0.142. The minimum absolute atomic E-state index is 0.102. The number of carbonyl (C=O) groups excluding carboxylic acids is 4. The van der Waals surface area contributed by atoms with Crippen LogP contribution in [0.3, 0.4) is 0 Å². The van der Waals surface area contributed by atoms with E-state index in [-0.39, 0.29) is 60.4 Å². The van der Waals surface area contributed by atoms with Crippen molar-refractivity contribution in [2.24, 2.45) is 23.7 Å². The quantitative estimate of drug-likeness (QED) is 0.287. The lowest BCUT2D eigenvalue weighted by atomic mass is 9.85. The Hall–Kier alpha value is -3.54. The lowest BCUT2D eigenvalue weighted by Gasteiger charge is -2.18. The van der Waals surface area contributed by atoms with Crippen LogP contribution in [-0.2, 0) is 32.3 Å². The molecule has 6 nitrogen and oxygen atoms in total. The third-order valence-corrected chi connectivity index (χ3v) is 7.32. The normalized spacial score (nSPS) is 23.8. The molecule has 2 fully saturated rings. The van der Waals surface area contributed by atoms with Crippen molar-refractivity contribution in [2.45, 2.75) is 72.9 Å². The van der Waals surface area contributed by atoms with E-state index < -0.39 is 0 Å². The summed E-state index contributed by atoms with van der Waals surface area (Å²) in [4.78, 5) is 53.6. The highest BCUT2D eigenvalue weighted by Gasteiger charge is 2.47. The van der Waals surface area contributed by atoms with E-state index in [0.29, 0.717) is 19.3 Å². The first-order chi connectivity index (χ1) is 18.7. The number of hydrogen-bond acceptors (Lipinski definition) is 4. The van der Waals surface area contributed by atoms with E-state index in [1.54, 1.807) is 0 Å². The van der Waals surface area contributed by atoms with Gasteiger partial charge in [-0.15, -0.1) is 13.2 Å². The number of rotatable bonds is 8. The van der Waals surface area contributed by atoms with Gasteiger partial charge in [0.1, 0.15) is 0 Å². The largest absolute Gasteiger partial charge is 0.278 e. The number of imide groups is 2. The average Bonchev–Trinajstić information content (AvgIpc) is 3.31. The van der Waals surface area contributed by atoms with Gasteiger partial charge in [-0.25, -0.2) is 0 Å². The molecule has 6 heteroatoms. The maximum Gasteiger partial charge on any atom is 0.233 e. The molecule has 1 aliphatic carbocycles. The Kier molecular flexibility index (Phi) is 12.8. The van der Waals surface area contributed by atoms with Gasteiger partial charge in [-0.05, 0) is 50.2 Å². The summed E-state index contributed by atoms with van der Waals surface area (Å²) in [7, 11) is 0. The Morgan fingerprint density at radius 3 is 1.72 bits per heavy atom. The first-order valence-corrected chi connectivity index (χ1v) is 14.0. The number of benzene rings is 1. The number of likely N-dealkylation sites (tertiary alicyclic amines) is 2. The zero-order valence-electron chi connectivity index (χ0n) is 24.0. The lowest BCUT2D eigenvalue weighted by Crippen LogP contribution is -2.31. The fraction of sp³-hybridized carbons (Fsp3) is 0.455. The predicted molar refractivity (Wildman–Crippen MR) is 156 cm³/mol. The van der Waals surface area contributed by atoms with Crippen LogP contribution in [0.5, 0.6) is 0 Å². The number of hydrogen-bond donors (Lipinski definition) is 0. The van der Waals surface area contributed by atoms with E-state index in [0.717, 1.165) is 24.0 Å². The van der Waals surface area contributed by atoms with Crippen molar-refractivity contribution in [2.75, 3.05) is 0 Å². The highest BCUT2D eigenvalue weighted by molar-refractivity contribution is 6.05. The molecule has 4 atom stereocenters. The number of amides is 4. The number of nitrogens with zero attached hydrogens (tertiary/aromatic N) is 2. The molecule has 2 saturated heterocycles. The van der Waals surface area contributed by atoms with Crippen LogP contribution in [0.2, 0.25) is 0 Å². The molecule has 0 N–H and O–H groups in total. The molecule has 0 aromatic heterocycles. The van der Waals surface area contributed by atoms with Crippen molar-refractivity contribution in [3.8, 4) is 0 Å². The number of fused-ring (bicyclic) bond motifs is 1. The third kappa shape index (κ3) is 7.98. The second-order valence-electron chi connectivity index (χ2n) is 10.1. The Morgan fingerprint density at radius 2 is 1.28 bits per heavy atom. The Morgan fingerprint density at radius 1 is 0.821 bits per heavy atom. The van der Waals surface area contributed by atoms with Crippen molar-refractivity contribution in [3.63, 3.8) is 0 Å². The van der Waals surface area contributed by atoms with Gasteiger partial charge in [0.05, 0.1) is 30.8 Å². The molecule has 3 aliphatic rings. The van der Waals surface area contributed by atoms with E-state index in [1.807, 2.05) is 74.6 Å². The first kappa shape index (κ1) is 31.7. The molecule has 0 saturated carbocycles. The smallest absolute Gasteiger partial charge is 0.233 e. The molecule has 4 rings (SSSR count). The molecule has 1 aromatic carbocycles. The molecule has 1 aromatic rings. The monoisotopic (exact) mass is 532 g/mol. The molecule has 0 radical (unpaired) electrons. The van der Waals surface area contributed by atoms with Crippen LogP contribution in [0, 0.1) is 23.7 Å². The van der Waals surface area contributed by atoms with Crippen LogP contribution >= 0.6 is 0 Å². The van der Waals surface area contributed by atoms with Crippen LogP contribution in [0.15, 0.2) is 73.9 Å². The summed E-state index contributed by atoms with van der Waals surface area (Å²) in [5.41, 5.74) is 1.64. The van der Waals surface area contributed by atoms with E-state index in [2.05, 4.69) is 27.0 Å². The van der Waals surface area contributed by atoms with Gasteiger partial charge in [0.15, 0.2) is 0 Å². The summed E-state index contributed by atoms with van der Waals surface area (Å²) in [6.45, 7) is 15.2. The Labute approximate surface area is 234 Å². The summed E-state index contributed by atoms with van der Waals surface area (Å²) in [6.07, 6.45) is 15.5. The van der Waals surface area contributed by atoms with Gasteiger partial charge < -0.3 is 0 Å². The van der Waals surface area contributed by atoms with E-state index >= 15 is 0 Å². The molecule has 4 unspecified atom stereocenters. The minimum Gasteiger partial charge on any atom is -0.278 e. The van der Waals surface area contributed by atoms with Crippen molar-refractivity contribution in [1.82, 2.24) is 9.80 Å². The second kappa shape index (κ2) is 15.8. The molecule has 0 spiro atoms. The summed E-state index contributed by atoms with van der Waals surface area (Å²) in [5.74, 6) is -1.61. The van der Waals surface area contributed by atoms with Gasteiger partial charge in [-0.1, -0.05) is 81.5 Å². The molecule has 2 heterocycles. The van der Waals surface area contributed by atoms with Crippen molar-refractivity contribution in [3.05, 3.63) is 85.0 Å². The van der Waals surface area contributed by atoms with Gasteiger partial charge in [0, 0.05) is 5.92 Å². The van der Waals surface area contributed by atoms with Crippen LogP contribution < -0.4 is 0 Å². The highest BCUT2D eigenvalue weighted by atomic mass is 16.2. The zero-order chi connectivity index (χ0) is 28.9. The summed E-state index contributed by atoms with van der Waals surface area (Å²) in [5, 5.41) is 0.